The van der Waals surface area contributed by atoms with Gasteiger partial charge in [-0.3, -0.25) is 9.89 Å². The second-order valence-corrected chi connectivity index (χ2v) is 8.52. The molecule has 0 bridgehead atoms. The number of aromatic nitrogens is 2. The van der Waals surface area contributed by atoms with E-state index in [-0.39, 0.29) is 24.0 Å². The largest absolute Gasteiger partial charge is 0.357 e. The number of hydrogen-bond acceptors (Lipinski definition) is 3. The summed E-state index contributed by atoms with van der Waals surface area (Å²) in [5, 5.41) is 6.92. The normalized spacial score (nSPS) is 15.0. The third kappa shape index (κ3) is 7.56. The molecule has 4 rings (SSSR count). The van der Waals surface area contributed by atoms with Crippen LogP contribution in [0.4, 0.5) is 0 Å². The second kappa shape index (κ2) is 14.1. The van der Waals surface area contributed by atoms with Crippen molar-refractivity contribution < 1.29 is 0 Å². The van der Waals surface area contributed by atoms with Gasteiger partial charge in [0.05, 0.1) is 12.6 Å². The van der Waals surface area contributed by atoms with Crippen LogP contribution in [0, 0.1) is 0 Å². The SMILES string of the molecule is CCNC(=NCC(c1ccccc1)N1CCCC1)NCCc1nccn1Cc1ccccc1.I. The van der Waals surface area contributed by atoms with Crippen molar-refractivity contribution in [1.82, 2.24) is 25.1 Å². The number of guanidine groups is 1. The third-order valence-electron chi connectivity index (χ3n) is 6.17. The Balaban J connectivity index is 0.00000324. The molecule has 1 aliphatic rings. The summed E-state index contributed by atoms with van der Waals surface area (Å²) in [7, 11) is 0. The molecule has 2 heterocycles. The first-order chi connectivity index (χ1) is 16.3. The number of imidazole rings is 1. The number of nitrogens with one attached hydrogen (secondary N) is 2. The maximum Gasteiger partial charge on any atom is 0.191 e. The van der Waals surface area contributed by atoms with E-state index in [1.165, 1.54) is 24.0 Å². The molecule has 1 saturated heterocycles. The van der Waals surface area contributed by atoms with Crippen molar-refractivity contribution >= 4 is 29.9 Å². The standard InChI is InChI=1S/C27H36N6.HI/c1-2-28-27(31-21-25(32-18-9-10-19-32)24-13-7-4-8-14-24)30-16-15-26-29-17-20-33(26)22-23-11-5-3-6-12-23;/h3-8,11-14,17,20,25H,2,9-10,15-16,18-19,21-22H2,1H3,(H2,28,30,31);1H. The van der Waals surface area contributed by atoms with Crippen LogP contribution in [0.5, 0.6) is 0 Å². The number of likely N-dealkylation sites (tertiary alicyclic amines) is 1. The molecule has 1 aromatic heterocycles. The first-order valence-electron chi connectivity index (χ1n) is 12.2. The average Bonchev–Trinajstić information content (AvgIpc) is 3.53. The monoisotopic (exact) mass is 572 g/mol. The smallest absolute Gasteiger partial charge is 0.191 e. The summed E-state index contributed by atoms with van der Waals surface area (Å²) in [5.74, 6) is 1.96. The summed E-state index contributed by atoms with van der Waals surface area (Å²) < 4.78 is 2.22. The molecule has 6 nitrogen and oxygen atoms in total. The van der Waals surface area contributed by atoms with Gasteiger partial charge in [0, 0.05) is 38.4 Å². The van der Waals surface area contributed by atoms with E-state index in [0.717, 1.165) is 57.5 Å². The Bertz CT molecular complexity index is 983. The minimum Gasteiger partial charge on any atom is -0.357 e. The zero-order valence-corrected chi connectivity index (χ0v) is 22.4. The van der Waals surface area contributed by atoms with E-state index in [4.69, 9.17) is 4.99 Å². The molecular formula is C27H37IN6. The Morgan fingerprint density at radius 2 is 1.71 bits per heavy atom. The molecule has 0 amide bonds. The van der Waals surface area contributed by atoms with Gasteiger partial charge in [0.2, 0.25) is 0 Å². The van der Waals surface area contributed by atoms with Crippen LogP contribution in [-0.2, 0) is 13.0 Å². The number of hydrogen-bond donors (Lipinski definition) is 2. The first-order valence-corrected chi connectivity index (χ1v) is 12.2. The first kappa shape index (κ1) is 26.2. The Hall–Kier alpha value is -2.39. The van der Waals surface area contributed by atoms with Gasteiger partial charge in [-0.15, -0.1) is 24.0 Å². The van der Waals surface area contributed by atoms with E-state index in [9.17, 15) is 0 Å². The van der Waals surface area contributed by atoms with Gasteiger partial charge in [0.15, 0.2) is 5.96 Å². The van der Waals surface area contributed by atoms with Crippen LogP contribution in [0.3, 0.4) is 0 Å². The van der Waals surface area contributed by atoms with Gasteiger partial charge in [0.25, 0.3) is 0 Å². The lowest BCUT2D eigenvalue weighted by Gasteiger charge is -2.27. The van der Waals surface area contributed by atoms with Crippen molar-refractivity contribution in [3.8, 4) is 0 Å². The fourth-order valence-corrected chi connectivity index (χ4v) is 4.46. The minimum atomic E-state index is 0. The fraction of sp³-hybridized carbons (Fsp3) is 0.407. The predicted molar refractivity (Wildman–Crippen MR) is 151 cm³/mol. The van der Waals surface area contributed by atoms with Gasteiger partial charge in [-0.25, -0.2) is 4.98 Å². The quantitative estimate of drug-likeness (QED) is 0.214. The van der Waals surface area contributed by atoms with Crippen LogP contribution in [-0.4, -0.2) is 53.1 Å². The zero-order chi connectivity index (χ0) is 22.7. The number of halogens is 1. The van der Waals surface area contributed by atoms with Crippen LogP contribution >= 0.6 is 24.0 Å². The summed E-state index contributed by atoms with van der Waals surface area (Å²) in [6, 6.07) is 21.6. The number of nitrogens with zero attached hydrogens (tertiary/aromatic N) is 4. The molecule has 7 heteroatoms. The van der Waals surface area contributed by atoms with E-state index in [2.05, 4.69) is 98.9 Å². The van der Waals surface area contributed by atoms with Crippen molar-refractivity contribution in [3.63, 3.8) is 0 Å². The highest BCUT2D eigenvalue weighted by molar-refractivity contribution is 14.0. The van der Waals surface area contributed by atoms with Gasteiger partial charge in [-0.2, -0.15) is 0 Å². The van der Waals surface area contributed by atoms with Gasteiger partial charge < -0.3 is 15.2 Å². The molecule has 0 spiro atoms. The number of benzene rings is 2. The molecule has 0 saturated carbocycles. The molecular weight excluding hydrogens is 535 g/mol. The Kier molecular flexibility index (Phi) is 10.9. The Labute approximate surface area is 220 Å². The predicted octanol–water partition coefficient (Wildman–Crippen LogP) is 4.48. The van der Waals surface area contributed by atoms with Crippen molar-refractivity contribution in [3.05, 3.63) is 90.0 Å². The van der Waals surface area contributed by atoms with Gasteiger partial charge in [0.1, 0.15) is 5.82 Å². The summed E-state index contributed by atoms with van der Waals surface area (Å²) in [6.45, 7) is 7.65. The molecule has 0 aliphatic carbocycles. The third-order valence-corrected chi connectivity index (χ3v) is 6.17. The Morgan fingerprint density at radius 3 is 2.41 bits per heavy atom. The summed E-state index contributed by atoms with van der Waals surface area (Å²) >= 11 is 0. The minimum absolute atomic E-state index is 0. The van der Waals surface area contributed by atoms with Crippen molar-refractivity contribution in [2.24, 2.45) is 4.99 Å². The van der Waals surface area contributed by atoms with Gasteiger partial charge >= 0.3 is 0 Å². The molecule has 2 N–H and O–H groups in total. The van der Waals surface area contributed by atoms with E-state index >= 15 is 0 Å². The molecule has 182 valence electrons. The number of rotatable bonds is 10. The molecule has 1 aliphatic heterocycles. The van der Waals surface area contributed by atoms with Crippen molar-refractivity contribution in [1.29, 1.82) is 0 Å². The lowest BCUT2D eigenvalue weighted by Crippen LogP contribution is -2.39. The lowest BCUT2D eigenvalue weighted by molar-refractivity contribution is 0.251. The average molecular weight is 573 g/mol. The second-order valence-electron chi connectivity index (χ2n) is 8.52. The topological polar surface area (TPSA) is 57.5 Å². The van der Waals surface area contributed by atoms with Crippen LogP contribution in [0.2, 0.25) is 0 Å². The fourth-order valence-electron chi connectivity index (χ4n) is 4.46. The van der Waals surface area contributed by atoms with Crippen LogP contribution in [0.25, 0.3) is 0 Å². The molecule has 1 unspecified atom stereocenters. The summed E-state index contributed by atoms with van der Waals surface area (Å²) in [6.07, 6.45) is 7.35. The maximum absolute atomic E-state index is 4.97. The number of aliphatic imine (C=N–C) groups is 1. The molecule has 1 atom stereocenters. The summed E-state index contributed by atoms with van der Waals surface area (Å²) in [5.41, 5.74) is 2.63. The maximum atomic E-state index is 4.97. The molecule has 34 heavy (non-hydrogen) atoms. The summed E-state index contributed by atoms with van der Waals surface area (Å²) in [4.78, 5) is 12.1. The highest BCUT2D eigenvalue weighted by atomic mass is 127. The highest BCUT2D eigenvalue weighted by Gasteiger charge is 2.23. The molecule has 3 aromatic rings. The van der Waals surface area contributed by atoms with Gasteiger partial charge in [-0.05, 0) is 44.0 Å². The van der Waals surface area contributed by atoms with Crippen molar-refractivity contribution in [2.75, 3.05) is 32.7 Å². The zero-order valence-electron chi connectivity index (χ0n) is 20.1. The van der Waals surface area contributed by atoms with Gasteiger partial charge in [-0.1, -0.05) is 60.7 Å². The van der Waals surface area contributed by atoms with E-state index in [1.54, 1.807) is 0 Å². The van der Waals surface area contributed by atoms with Crippen molar-refractivity contribution in [2.45, 2.75) is 38.8 Å². The van der Waals surface area contributed by atoms with E-state index < -0.39 is 0 Å². The van der Waals surface area contributed by atoms with Crippen LogP contribution in [0.15, 0.2) is 78.0 Å². The van der Waals surface area contributed by atoms with E-state index in [0.29, 0.717) is 6.04 Å². The van der Waals surface area contributed by atoms with Crippen LogP contribution < -0.4 is 10.6 Å². The molecule has 1 fully saturated rings. The highest BCUT2D eigenvalue weighted by Crippen LogP contribution is 2.25. The molecule has 2 aromatic carbocycles. The van der Waals surface area contributed by atoms with Crippen LogP contribution in [0.1, 0.15) is 42.8 Å². The van der Waals surface area contributed by atoms with E-state index in [1.807, 2.05) is 6.20 Å². The molecule has 0 radical (unpaired) electrons. The Morgan fingerprint density at radius 1 is 1.00 bits per heavy atom. The lowest BCUT2D eigenvalue weighted by atomic mass is 10.1.